The Labute approximate surface area is 118 Å². The summed E-state index contributed by atoms with van der Waals surface area (Å²) in [6.07, 6.45) is 1.92. The van der Waals surface area contributed by atoms with Gasteiger partial charge in [0.05, 0.1) is 0 Å². The summed E-state index contributed by atoms with van der Waals surface area (Å²) in [5.41, 5.74) is 0.270. The van der Waals surface area contributed by atoms with Crippen molar-refractivity contribution in [2.24, 2.45) is 10.4 Å². The number of thioether (sulfide) groups is 1. The van der Waals surface area contributed by atoms with Crippen LogP contribution in [0.2, 0.25) is 0 Å². The maximum Gasteiger partial charge on any atom is 0.223 e. The molecule has 1 atom stereocenters. The topological polar surface area (TPSA) is 63.3 Å². The van der Waals surface area contributed by atoms with Gasteiger partial charge in [0.2, 0.25) is 5.89 Å². The van der Waals surface area contributed by atoms with Crippen LogP contribution in [0.4, 0.5) is 0 Å². The van der Waals surface area contributed by atoms with E-state index in [1.165, 1.54) is 6.42 Å². The third kappa shape index (κ3) is 4.23. The molecule has 5 nitrogen and oxygen atoms in total. The van der Waals surface area contributed by atoms with Gasteiger partial charge in [-0.05, 0) is 11.8 Å². The van der Waals surface area contributed by atoms with Crippen LogP contribution in [-0.2, 0) is 6.42 Å². The summed E-state index contributed by atoms with van der Waals surface area (Å²) in [5.74, 6) is 2.48. The molecule has 0 aromatic carbocycles. The van der Waals surface area contributed by atoms with Crippen molar-refractivity contribution in [2.75, 3.05) is 12.3 Å². The molecule has 1 saturated heterocycles. The summed E-state index contributed by atoms with van der Waals surface area (Å²) in [6.45, 7) is 9.29. The smallest absolute Gasteiger partial charge is 0.223 e. The maximum absolute atomic E-state index is 4.94. The van der Waals surface area contributed by atoms with Crippen LogP contribution in [0.25, 0.3) is 0 Å². The monoisotopic (exact) mass is 282 g/mol. The Bertz CT molecular complexity index is 450. The number of aliphatic imine (C=N–C) groups is 1. The average Bonchev–Trinajstić information content (AvgIpc) is 2.74. The van der Waals surface area contributed by atoms with Crippen molar-refractivity contribution < 1.29 is 4.52 Å². The summed E-state index contributed by atoms with van der Waals surface area (Å²) >= 11 is 1.80. The van der Waals surface area contributed by atoms with Gasteiger partial charge in [-0.25, -0.2) is 0 Å². The van der Waals surface area contributed by atoms with Crippen molar-refractivity contribution in [1.29, 1.82) is 0 Å². The Kier molecular flexibility index (Phi) is 4.50. The molecule has 1 unspecified atom stereocenters. The SMILES string of the molecule is Cc1nc(CCN=C2NC(C(C)(C)C)CCS2)no1. The fraction of sp³-hybridized carbons (Fsp3) is 0.769. The zero-order chi connectivity index (χ0) is 13.9. The highest BCUT2D eigenvalue weighted by molar-refractivity contribution is 8.13. The zero-order valence-corrected chi connectivity index (χ0v) is 12.9. The van der Waals surface area contributed by atoms with Gasteiger partial charge in [-0.15, -0.1) is 0 Å². The van der Waals surface area contributed by atoms with E-state index in [-0.39, 0.29) is 5.41 Å². The molecule has 0 radical (unpaired) electrons. The van der Waals surface area contributed by atoms with E-state index < -0.39 is 0 Å². The van der Waals surface area contributed by atoms with Crippen LogP contribution in [-0.4, -0.2) is 33.6 Å². The Balaban J connectivity index is 1.85. The molecule has 0 spiro atoms. The molecule has 1 aliphatic rings. The standard InChI is InChI=1S/C13H22N4OS/c1-9-15-11(17-18-9)5-7-14-12-16-10(6-8-19-12)13(2,3)4/h10H,5-8H2,1-4H3,(H,14,16). The highest BCUT2D eigenvalue weighted by atomic mass is 32.2. The number of aromatic nitrogens is 2. The van der Waals surface area contributed by atoms with Crippen LogP contribution in [0.3, 0.4) is 0 Å². The minimum Gasteiger partial charge on any atom is -0.362 e. The van der Waals surface area contributed by atoms with Crippen LogP contribution < -0.4 is 5.32 Å². The molecule has 0 aliphatic carbocycles. The predicted molar refractivity (Wildman–Crippen MR) is 78.5 cm³/mol. The number of hydrogen-bond donors (Lipinski definition) is 1. The first kappa shape index (κ1) is 14.4. The fourth-order valence-electron chi connectivity index (χ4n) is 1.98. The highest BCUT2D eigenvalue weighted by Crippen LogP contribution is 2.27. The molecule has 1 fully saturated rings. The molecule has 0 amide bonds. The van der Waals surface area contributed by atoms with E-state index in [1.807, 2.05) is 0 Å². The van der Waals surface area contributed by atoms with E-state index in [9.17, 15) is 0 Å². The number of rotatable bonds is 3. The van der Waals surface area contributed by atoms with E-state index in [0.29, 0.717) is 18.5 Å². The summed E-state index contributed by atoms with van der Waals surface area (Å²) in [4.78, 5) is 8.77. The van der Waals surface area contributed by atoms with Crippen LogP contribution in [0, 0.1) is 12.3 Å². The lowest BCUT2D eigenvalue weighted by atomic mass is 9.85. The van der Waals surface area contributed by atoms with Crippen LogP contribution >= 0.6 is 11.8 Å². The first-order chi connectivity index (χ1) is 8.95. The van der Waals surface area contributed by atoms with Crippen LogP contribution in [0.15, 0.2) is 9.52 Å². The summed E-state index contributed by atoms with van der Waals surface area (Å²) in [5, 5.41) is 8.45. The maximum atomic E-state index is 4.94. The lowest BCUT2D eigenvalue weighted by Crippen LogP contribution is -2.46. The predicted octanol–water partition coefficient (Wildman–Crippen LogP) is 2.42. The molecule has 0 bridgehead atoms. The molecule has 19 heavy (non-hydrogen) atoms. The minimum atomic E-state index is 0.270. The second kappa shape index (κ2) is 5.94. The number of aryl methyl sites for hydroxylation is 1. The lowest BCUT2D eigenvalue weighted by Gasteiger charge is -2.35. The lowest BCUT2D eigenvalue weighted by molar-refractivity contribution is 0.290. The Morgan fingerprint density at radius 2 is 2.26 bits per heavy atom. The van der Waals surface area contributed by atoms with E-state index in [4.69, 9.17) is 4.52 Å². The molecular weight excluding hydrogens is 260 g/mol. The van der Waals surface area contributed by atoms with Crippen molar-refractivity contribution in [3.05, 3.63) is 11.7 Å². The largest absolute Gasteiger partial charge is 0.362 e. The van der Waals surface area contributed by atoms with E-state index in [2.05, 4.69) is 41.2 Å². The number of hydrogen-bond acceptors (Lipinski definition) is 5. The molecule has 0 saturated carbocycles. The Morgan fingerprint density at radius 3 is 2.89 bits per heavy atom. The first-order valence-corrected chi connectivity index (χ1v) is 7.66. The third-order valence-electron chi connectivity index (χ3n) is 3.15. The molecule has 2 rings (SSSR count). The molecule has 1 N–H and O–H groups in total. The second-order valence-corrected chi connectivity index (χ2v) is 6.95. The van der Waals surface area contributed by atoms with Crippen molar-refractivity contribution in [3.63, 3.8) is 0 Å². The average molecular weight is 282 g/mol. The summed E-state index contributed by atoms with van der Waals surface area (Å²) in [7, 11) is 0. The van der Waals surface area contributed by atoms with Gasteiger partial charge in [0.25, 0.3) is 0 Å². The molecular formula is C13H22N4OS. The van der Waals surface area contributed by atoms with Gasteiger partial charge in [-0.2, -0.15) is 4.98 Å². The molecule has 1 aliphatic heterocycles. The van der Waals surface area contributed by atoms with Crippen LogP contribution in [0.1, 0.15) is 38.9 Å². The molecule has 106 valence electrons. The number of nitrogens with one attached hydrogen (secondary N) is 1. The fourth-order valence-corrected chi connectivity index (χ4v) is 2.93. The van der Waals surface area contributed by atoms with Gasteiger partial charge in [-0.1, -0.05) is 37.7 Å². The third-order valence-corrected chi connectivity index (χ3v) is 4.11. The first-order valence-electron chi connectivity index (χ1n) is 6.68. The molecule has 6 heteroatoms. The van der Waals surface area contributed by atoms with Gasteiger partial charge < -0.3 is 9.84 Å². The quantitative estimate of drug-likeness (QED) is 0.922. The normalized spacial score (nSPS) is 22.5. The van der Waals surface area contributed by atoms with Crippen molar-refractivity contribution >= 4 is 16.9 Å². The summed E-state index contributed by atoms with van der Waals surface area (Å²) in [6, 6.07) is 0.500. The van der Waals surface area contributed by atoms with Gasteiger partial charge in [0, 0.05) is 31.7 Å². The van der Waals surface area contributed by atoms with Gasteiger partial charge >= 0.3 is 0 Å². The summed E-state index contributed by atoms with van der Waals surface area (Å²) < 4.78 is 4.94. The van der Waals surface area contributed by atoms with Gasteiger partial charge in [0.15, 0.2) is 11.0 Å². The van der Waals surface area contributed by atoms with Crippen molar-refractivity contribution in [2.45, 2.75) is 46.6 Å². The zero-order valence-electron chi connectivity index (χ0n) is 12.1. The molecule has 2 heterocycles. The van der Waals surface area contributed by atoms with Gasteiger partial charge in [-0.3, -0.25) is 4.99 Å². The Hall–Kier alpha value is -1.04. The van der Waals surface area contributed by atoms with E-state index >= 15 is 0 Å². The Morgan fingerprint density at radius 1 is 1.47 bits per heavy atom. The molecule has 1 aromatic rings. The highest BCUT2D eigenvalue weighted by Gasteiger charge is 2.28. The molecule has 1 aromatic heterocycles. The van der Waals surface area contributed by atoms with Crippen LogP contribution in [0.5, 0.6) is 0 Å². The van der Waals surface area contributed by atoms with Crippen molar-refractivity contribution in [3.8, 4) is 0 Å². The minimum absolute atomic E-state index is 0.270. The number of nitrogens with zero attached hydrogens (tertiary/aromatic N) is 3. The number of amidine groups is 1. The van der Waals surface area contributed by atoms with E-state index in [0.717, 1.165) is 23.2 Å². The second-order valence-electron chi connectivity index (χ2n) is 5.87. The van der Waals surface area contributed by atoms with Crippen molar-refractivity contribution in [1.82, 2.24) is 15.5 Å². The van der Waals surface area contributed by atoms with E-state index in [1.54, 1.807) is 18.7 Å². The van der Waals surface area contributed by atoms with Gasteiger partial charge in [0.1, 0.15) is 0 Å².